The van der Waals surface area contributed by atoms with Gasteiger partial charge in [0.15, 0.2) is 5.78 Å². The summed E-state index contributed by atoms with van der Waals surface area (Å²) in [5, 5.41) is 3.29. The van der Waals surface area contributed by atoms with Crippen molar-refractivity contribution in [2.75, 3.05) is 31.1 Å². The highest BCUT2D eigenvalue weighted by molar-refractivity contribution is 6.12. The summed E-state index contributed by atoms with van der Waals surface area (Å²) in [5.74, 6) is -0.191. The molecule has 20 heavy (non-hydrogen) atoms. The number of carbonyl (C=O) groups excluding carboxylic acids is 2. The minimum Gasteiger partial charge on any atom is -0.462 e. The first kappa shape index (κ1) is 13.1. The number of hydrogen-bond acceptors (Lipinski definition) is 5. The maximum Gasteiger partial charge on any atom is 0.338 e. The van der Waals surface area contributed by atoms with Gasteiger partial charge in [0, 0.05) is 24.3 Å². The number of Topliss-reactive ketones (excluding diaryl/α,β-unsaturated/α-hetero) is 1. The van der Waals surface area contributed by atoms with Crippen LogP contribution in [-0.4, -0.2) is 44.0 Å². The molecule has 0 saturated carbocycles. The van der Waals surface area contributed by atoms with Crippen LogP contribution in [0.25, 0.3) is 0 Å². The highest BCUT2D eigenvalue weighted by Crippen LogP contribution is 2.33. The number of carbonyl (C=O) groups is 2. The van der Waals surface area contributed by atoms with Crippen LogP contribution < -0.4 is 10.2 Å². The number of nitrogens with one attached hydrogen (secondary N) is 1. The first-order chi connectivity index (χ1) is 9.72. The van der Waals surface area contributed by atoms with Gasteiger partial charge in [-0.15, -0.1) is 0 Å². The molecule has 0 aliphatic carbocycles. The molecule has 1 N–H and O–H groups in total. The normalized spacial score (nSPS) is 21.1. The van der Waals surface area contributed by atoms with Gasteiger partial charge in [-0.1, -0.05) is 0 Å². The molecule has 5 heteroatoms. The zero-order valence-electron chi connectivity index (χ0n) is 11.5. The van der Waals surface area contributed by atoms with Gasteiger partial charge in [0.05, 0.1) is 12.2 Å². The molecule has 1 aromatic carbocycles. The molecular formula is C15H18N2O3. The molecule has 2 aliphatic heterocycles. The number of hydrogen-bond donors (Lipinski definition) is 1. The monoisotopic (exact) mass is 274 g/mol. The van der Waals surface area contributed by atoms with Crippen molar-refractivity contribution in [2.45, 2.75) is 19.4 Å². The van der Waals surface area contributed by atoms with E-state index in [9.17, 15) is 9.59 Å². The Balaban J connectivity index is 1.97. The fourth-order valence-corrected chi connectivity index (χ4v) is 2.90. The van der Waals surface area contributed by atoms with Gasteiger partial charge in [0.2, 0.25) is 0 Å². The third-order valence-electron chi connectivity index (χ3n) is 3.85. The van der Waals surface area contributed by atoms with Crippen LogP contribution in [0.5, 0.6) is 0 Å². The maximum atomic E-state index is 12.4. The van der Waals surface area contributed by atoms with Crippen LogP contribution in [0.3, 0.4) is 0 Å². The molecule has 0 aromatic heterocycles. The Kier molecular flexibility index (Phi) is 3.44. The Morgan fingerprint density at radius 3 is 3.15 bits per heavy atom. The van der Waals surface area contributed by atoms with Crippen molar-refractivity contribution in [3.8, 4) is 0 Å². The van der Waals surface area contributed by atoms with Crippen molar-refractivity contribution < 1.29 is 14.3 Å². The van der Waals surface area contributed by atoms with E-state index < -0.39 is 0 Å². The second kappa shape index (κ2) is 5.25. The molecule has 0 bridgehead atoms. The van der Waals surface area contributed by atoms with Gasteiger partial charge in [0.1, 0.15) is 6.04 Å². The molecule has 0 amide bonds. The zero-order valence-corrected chi connectivity index (χ0v) is 11.5. The van der Waals surface area contributed by atoms with E-state index in [0.717, 1.165) is 25.2 Å². The quantitative estimate of drug-likeness (QED) is 0.822. The van der Waals surface area contributed by atoms with E-state index >= 15 is 0 Å². The third kappa shape index (κ3) is 2.08. The molecule has 2 heterocycles. The zero-order chi connectivity index (χ0) is 14.1. The van der Waals surface area contributed by atoms with Gasteiger partial charge in [0.25, 0.3) is 0 Å². The minimum atomic E-state index is -0.334. The van der Waals surface area contributed by atoms with Gasteiger partial charge in [-0.3, -0.25) is 4.79 Å². The molecule has 0 spiro atoms. The summed E-state index contributed by atoms with van der Waals surface area (Å²) in [7, 11) is 0. The van der Waals surface area contributed by atoms with Crippen LogP contribution in [0.2, 0.25) is 0 Å². The second-order valence-electron chi connectivity index (χ2n) is 5.08. The third-order valence-corrected chi connectivity index (χ3v) is 3.85. The first-order valence-corrected chi connectivity index (χ1v) is 7.05. The van der Waals surface area contributed by atoms with Crippen molar-refractivity contribution in [2.24, 2.45) is 0 Å². The Labute approximate surface area is 117 Å². The smallest absolute Gasteiger partial charge is 0.338 e. The molecule has 1 unspecified atom stereocenters. The van der Waals surface area contributed by atoms with Crippen LogP contribution in [0.15, 0.2) is 18.2 Å². The van der Waals surface area contributed by atoms with Gasteiger partial charge < -0.3 is 15.0 Å². The number of rotatable bonds is 2. The molecule has 3 rings (SSSR count). The van der Waals surface area contributed by atoms with Crippen LogP contribution >= 0.6 is 0 Å². The number of fused-ring (bicyclic) bond motifs is 3. The van der Waals surface area contributed by atoms with Gasteiger partial charge in [-0.05, 0) is 38.1 Å². The molecule has 1 atom stereocenters. The Hall–Kier alpha value is -1.88. The average molecular weight is 274 g/mol. The van der Waals surface area contributed by atoms with Crippen LogP contribution in [0.1, 0.15) is 34.1 Å². The molecule has 1 saturated heterocycles. The number of anilines is 1. The maximum absolute atomic E-state index is 12.4. The number of esters is 1. The van der Waals surface area contributed by atoms with E-state index in [4.69, 9.17) is 4.74 Å². The summed E-state index contributed by atoms with van der Waals surface area (Å²) in [5.41, 5.74) is 2.09. The molecule has 5 nitrogen and oxygen atoms in total. The summed E-state index contributed by atoms with van der Waals surface area (Å²) >= 11 is 0. The summed E-state index contributed by atoms with van der Waals surface area (Å²) < 4.78 is 5.02. The van der Waals surface area contributed by atoms with Crippen LogP contribution in [0.4, 0.5) is 5.69 Å². The van der Waals surface area contributed by atoms with E-state index in [1.165, 1.54) is 0 Å². The number of ether oxygens (including phenoxy) is 1. The predicted octanol–water partition coefficient (Wildman–Crippen LogP) is 1.23. The molecule has 0 radical (unpaired) electrons. The lowest BCUT2D eigenvalue weighted by Gasteiger charge is -2.23. The lowest BCUT2D eigenvalue weighted by Crippen LogP contribution is -2.40. The molecule has 1 aromatic rings. The number of benzene rings is 1. The van der Waals surface area contributed by atoms with Crippen molar-refractivity contribution in [1.82, 2.24) is 5.32 Å². The Morgan fingerprint density at radius 2 is 2.35 bits per heavy atom. The number of nitrogens with zero attached hydrogens (tertiary/aromatic N) is 1. The highest BCUT2D eigenvalue weighted by Gasteiger charge is 2.37. The van der Waals surface area contributed by atoms with Crippen LogP contribution in [0, 0.1) is 0 Å². The fraction of sp³-hybridized carbons (Fsp3) is 0.467. The van der Waals surface area contributed by atoms with E-state index in [2.05, 4.69) is 10.2 Å². The summed E-state index contributed by atoms with van der Waals surface area (Å²) in [4.78, 5) is 26.3. The largest absolute Gasteiger partial charge is 0.462 e. The van der Waals surface area contributed by atoms with E-state index in [1.807, 2.05) is 0 Å². The van der Waals surface area contributed by atoms with E-state index in [-0.39, 0.29) is 17.8 Å². The van der Waals surface area contributed by atoms with Crippen molar-refractivity contribution >= 4 is 17.4 Å². The van der Waals surface area contributed by atoms with Gasteiger partial charge in [-0.25, -0.2) is 4.79 Å². The van der Waals surface area contributed by atoms with E-state index in [1.54, 1.807) is 25.1 Å². The van der Waals surface area contributed by atoms with Gasteiger partial charge in [-0.2, -0.15) is 0 Å². The molecular weight excluding hydrogens is 256 g/mol. The predicted molar refractivity (Wildman–Crippen MR) is 75.3 cm³/mol. The Morgan fingerprint density at radius 1 is 1.50 bits per heavy atom. The lowest BCUT2D eigenvalue weighted by atomic mass is 10.1. The highest BCUT2D eigenvalue weighted by atomic mass is 16.5. The molecule has 1 fully saturated rings. The molecule has 2 aliphatic rings. The number of ketones is 1. The summed E-state index contributed by atoms with van der Waals surface area (Å²) in [6.45, 7) is 4.56. The van der Waals surface area contributed by atoms with Gasteiger partial charge >= 0.3 is 5.97 Å². The summed E-state index contributed by atoms with van der Waals surface area (Å²) in [6.07, 6.45) is 0.993. The van der Waals surface area contributed by atoms with Crippen molar-refractivity contribution in [3.05, 3.63) is 29.3 Å². The first-order valence-electron chi connectivity index (χ1n) is 7.05. The minimum absolute atomic E-state index is 0.134. The standard InChI is InChI=1S/C15H18N2O3/c1-2-20-15(19)10-4-5-11-12(8-10)17-7-3-6-16-9-13(17)14(11)18/h4-5,8,13,16H,2-3,6-7,9H2,1H3. The van der Waals surface area contributed by atoms with E-state index in [0.29, 0.717) is 24.3 Å². The SMILES string of the molecule is CCOC(=O)c1ccc2c(c1)N1CCCNCC1C2=O. The summed E-state index contributed by atoms with van der Waals surface area (Å²) in [6, 6.07) is 5.08. The molecule has 106 valence electrons. The Bertz CT molecular complexity index is 556. The second-order valence-corrected chi connectivity index (χ2v) is 5.08. The van der Waals surface area contributed by atoms with Crippen molar-refractivity contribution in [3.63, 3.8) is 0 Å². The van der Waals surface area contributed by atoms with Crippen LogP contribution in [-0.2, 0) is 4.74 Å². The lowest BCUT2D eigenvalue weighted by molar-refractivity contribution is 0.0526. The fourth-order valence-electron chi connectivity index (χ4n) is 2.90. The topological polar surface area (TPSA) is 58.6 Å². The van der Waals surface area contributed by atoms with Crippen molar-refractivity contribution in [1.29, 1.82) is 0 Å². The average Bonchev–Trinajstić information content (AvgIpc) is 2.63.